The Hall–Kier alpha value is -2.42. The zero-order valence-corrected chi connectivity index (χ0v) is 15.4. The van der Waals surface area contributed by atoms with Gasteiger partial charge in [0.25, 0.3) is 0 Å². The van der Waals surface area contributed by atoms with Crippen LogP contribution in [0.5, 0.6) is 5.75 Å². The van der Waals surface area contributed by atoms with Gasteiger partial charge in [-0.05, 0) is 54.9 Å². The molecule has 0 saturated carbocycles. The van der Waals surface area contributed by atoms with Gasteiger partial charge in [0.1, 0.15) is 5.75 Å². The number of amides is 1. The van der Waals surface area contributed by atoms with Gasteiger partial charge in [0, 0.05) is 18.7 Å². The maximum Gasteiger partial charge on any atom is 0.238 e. The maximum absolute atomic E-state index is 11.9. The zero-order valence-electron chi connectivity index (χ0n) is 14.6. The number of primary sulfonamides is 1. The minimum absolute atomic E-state index is 0.0693. The zero-order chi connectivity index (χ0) is 19.0. The minimum Gasteiger partial charge on any atom is -0.497 e. The van der Waals surface area contributed by atoms with E-state index < -0.39 is 10.0 Å². The van der Waals surface area contributed by atoms with Crippen molar-refractivity contribution < 1.29 is 17.9 Å². The molecule has 2 rings (SSSR count). The summed E-state index contributed by atoms with van der Waals surface area (Å²) in [6.45, 7) is 1.24. The Morgan fingerprint density at radius 3 is 2.27 bits per heavy atom. The number of nitrogens with two attached hydrogens (primary N) is 1. The molecule has 0 radical (unpaired) electrons. The summed E-state index contributed by atoms with van der Waals surface area (Å²) in [7, 11) is -2.06. The van der Waals surface area contributed by atoms with Gasteiger partial charge in [-0.2, -0.15) is 0 Å². The van der Waals surface area contributed by atoms with Crippen molar-refractivity contribution in [2.24, 2.45) is 5.14 Å². The van der Waals surface area contributed by atoms with Crippen LogP contribution in [-0.4, -0.2) is 34.5 Å². The predicted molar refractivity (Wildman–Crippen MR) is 101 cm³/mol. The van der Waals surface area contributed by atoms with Crippen molar-refractivity contribution in [2.75, 3.05) is 25.5 Å². The molecule has 0 fully saturated rings. The van der Waals surface area contributed by atoms with Crippen LogP contribution in [-0.2, 0) is 21.2 Å². The molecule has 4 N–H and O–H groups in total. The van der Waals surface area contributed by atoms with Crippen molar-refractivity contribution >= 4 is 21.6 Å². The summed E-state index contributed by atoms with van der Waals surface area (Å²) in [6, 6.07) is 13.6. The Morgan fingerprint density at radius 1 is 1.04 bits per heavy atom. The molecular weight excluding hydrogens is 354 g/mol. The maximum atomic E-state index is 11.9. The van der Waals surface area contributed by atoms with Crippen LogP contribution >= 0.6 is 0 Å². The summed E-state index contributed by atoms with van der Waals surface area (Å²) in [6.07, 6.45) is 1.08. The quantitative estimate of drug-likeness (QED) is 0.574. The van der Waals surface area contributed by atoms with Crippen molar-refractivity contribution in [3.05, 3.63) is 54.1 Å². The van der Waals surface area contributed by atoms with Crippen molar-refractivity contribution in [3.63, 3.8) is 0 Å². The van der Waals surface area contributed by atoms with Crippen LogP contribution in [0.1, 0.15) is 12.0 Å². The lowest BCUT2D eigenvalue weighted by Gasteiger charge is -2.08. The standard InChI is InChI=1S/C18H23N3O4S/c1-25-16-6-4-15(5-7-16)21-18(22)11-13-20-12-10-14-2-8-17(9-3-14)26(19,23)24/h2-9,20H,10-13H2,1H3,(H,21,22)(H2,19,23,24). The number of benzene rings is 2. The van der Waals surface area contributed by atoms with Crippen molar-refractivity contribution in [2.45, 2.75) is 17.7 Å². The van der Waals surface area contributed by atoms with Gasteiger partial charge < -0.3 is 15.4 Å². The number of methoxy groups -OCH3 is 1. The first-order chi connectivity index (χ1) is 12.4. The fourth-order valence-corrected chi connectivity index (χ4v) is 2.82. The highest BCUT2D eigenvalue weighted by atomic mass is 32.2. The van der Waals surface area contributed by atoms with E-state index in [0.717, 1.165) is 23.4 Å². The van der Waals surface area contributed by atoms with Gasteiger partial charge in [-0.25, -0.2) is 13.6 Å². The lowest BCUT2D eigenvalue weighted by Crippen LogP contribution is -2.23. The first kappa shape index (κ1) is 19.9. The van der Waals surface area contributed by atoms with Crippen molar-refractivity contribution in [1.82, 2.24) is 5.32 Å². The molecule has 0 unspecified atom stereocenters. The molecule has 2 aromatic carbocycles. The average Bonchev–Trinajstić information content (AvgIpc) is 2.62. The van der Waals surface area contributed by atoms with Gasteiger partial charge in [0.2, 0.25) is 15.9 Å². The van der Waals surface area contributed by atoms with Gasteiger partial charge in [0.15, 0.2) is 0 Å². The van der Waals surface area contributed by atoms with E-state index in [2.05, 4.69) is 10.6 Å². The largest absolute Gasteiger partial charge is 0.497 e. The van der Waals surface area contributed by atoms with Crippen LogP contribution in [0.15, 0.2) is 53.4 Å². The Bertz CT molecular complexity index is 819. The van der Waals surface area contributed by atoms with Crippen molar-refractivity contribution in [1.29, 1.82) is 0 Å². The molecule has 0 saturated heterocycles. The average molecular weight is 377 g/mol. The highest BCUT2D eigenvalue weighted by molar-refractivity contribution is 7.89. The lowest BCUT2D eigenvalue weighted by molar-refractivity contribution is -0.116. The number of nitrogens with one attached hydrogen (secondary N) is 2. The predicted octanol–water partition coefficient (Wildman–Crippen LogP) is 1.50. The van der Waals surface area contributed by atoms with Crippen LogP contribution in [0.4, 0.5) is 5.69 Å². The second-order valence-electron chi connectivity index (χ2n) is 5.72. The highest BCUT2D eigenvalue weighted by Crippen LogP contribution is 2.15. The molecule has 26 heavy (non-hydrogen) atoms. The summed E-state index contributed by atoms with van der Waals surface area (Å²) in [5.41, 5.74) is 1.72. The summed E-state index contributed by atoms with van der Waals surface area (Å²) < 4.78 is 27.4. The van der Waals surface area contributed by atoms with Gasteiger partial charge in [-0.1, -0.05) is 12.1 Å². The SMILES string of the molecule is COc1ccc(NC(=O)CCNCCc2ccc(S(N)(=O)=O)cc2)cc1. The third kappa shape index (κ3) is 6.47. The summed E-state index contributed by atoms with van der Waals surface area (Å²) >= 11 is 0. The second-order valence-corrected chi connectivity index (χ2v) is 7.28. The molecule has 0 heterocycles. The molecule has 0 bridgehead atoms. The third-order valence-corrected chi connectivity index (χ3v) is 4.67. The number of ether oxygens (including phenoxy) is 1. The van der Waals surface area contributed by atoms with Gasteiger partial charge in [-0.15, -0.1) is 0 Å². The van der Waals surface area contributed by atoms with E-state index >= 15 is 0 Å². The first-order valence-corrected chi connectivity index (χ1v) is 9.69. The molecule has 140 valence electrons. The van der Waals surface area contributed by atoms with E-state index in [9.17, 15) is 13.2 Å². The number of carbonyl (C=O) groups is 1. The minimum atomic E-state index is -3.66. The number of rotatable bonds is 9. The summed E-state index contributed by atoms with van der Waals surface area (Å²) in [5.74, 6) is 0.668. The molecule has 0 aromatic heterocycles. The van der Waals surface area contributed by atoms with Gasteiger partial charge in [-0.3, -0.25) is 4.79 Å². The number of carbonyl (C=O) groups excluding carboxylic acids is 1. The molecule has 0 atom stereocenters. The van der Waals surface area contributed by atoms with Gasteiger partial charge >= 0.3 is 0 Å². The fourth-order valence-electron chi connectivity index (χ4n) is 2.30. The van der Waals surface area contributed by atoms with Crippen LogP contribution in [0.3, 0.4) is 0 Å². The second kappa shape index (κ2) is 9.33. The molecule has 7 nitrogen and oxygen atoms in total. The van der Waals surface area contributed by atoms with Crippen LogP contribution < -0.4 is 20.5 Å². The Kier molecular flexibility index (Phi) is 7.14. The lowest BCUT2D eigenvalue weighted by atomic mass is 10.1. The number of sulfonamides is 1. The normalized spacial score (nSPS) is 11.2. The van der Waals surface area contributed by atoms with E-state index in [-0.39, 0.29) is 10.8 Å². The summed E-state index contributed by atoms with van der Waals surface area (Å²) in [5, 5.41) is 11.1. The van der Waals surface area contributed by atoms with E-state index in [1.54, 1.807) is 43.5 Å². The third-order valence-electron chi connectivity index (χ3n) is 3.74. The van der Waals surface area contributed by atoms with Gasteiger partial charge in [0.05, 0.1) is 12.0 Å². The van der Waals surface area contributed by atoms with Crippen molar-refractivity contribution in [3.8, 4) is 5.75 Å². The molecule has 0 aliphatic heterocycles. The molecule has 2 aromatic rings. The highest BCUT2D eigenvalue weighted by Gasteiger charge is 2.06. The topological polar surface area (TPSA) is 111 Å². The molecule has 0 aliphatic rings. The molecule has 8 heteroatoms. The van der Waals surface area contributed by atoms with Crippen LogP contribution in [0.25, 0.3) is 0 Å². The van der Waals surface area contributed by atoms with Crippen LogP contribution in [0, 0.1) is 0 Å². The Balaban J connectivity index is 1.66. The monoisotopic (exact) mass is 377 g/mol. The van der Waals surface area contributed by atoms with E-state index in [1.165, 1.54) is 12.1 Å². The Morgan fingerprint density at radius 2 is 1.69 bits per heavy atom. The number of anilines is 1. The molecular formula is C18H23N3O4S. The number of hydrogen-bond acceptors (Lipinski definition) is 5. The molecule has 1 amide bonds. The number of hydrogen-bond donors (Lipinski definition) is 3. The summed E-state index contributed by atoms with van der Waals surface area (Å²) in [4.78, 5) is 12.0. The van der Waals surface area contributed by atoms with E-state index in [0.29, 0.717) is 19.5 Å². The Labute approximate surface area is 153 Å². The van der Waals surface area contributed by atoms with Crippen LogP contribution in [0.2, 0.25) is 0 Å². The molecule has 0 aliphatic carbocycles. The van der Waals surface area contributed by atoms with E-state index in [4.69, 9.17) is 9.88 Å². The van der Waals surface area contributed by atoms with E-state index in [1.807, 2.05) is 0 Å². The first-order valence-electron chi connectivity index (χ1n) is 8.15. The molecule has 0 spiro atoms. The smallest absolute Gasteiger partial charge is 0.238 e. The fraction of sp³-hybridized carbons (Fsp3) is 0.278.